The molecule has 192 valence electrons. The van der Waals surface area contributed by atoms with Crippen molar-refractivity contribution in [2.75, 3.05) is 13.1 Å². The Morgan fingerprint density at radius 3 is 1.76 bits per heavy atom. The Morgan fingerprint density at radius 2 is 1.27 bits per heavy atom. The van der Waals surface area contributed by atoms with Crippen LogP contribution in [0.1, 0.15) is 38.9 Å². The molecule has 0 amide bonds. The Morgan fingerprint density at radius 1 is 0.784 bits per heavy atom. The molecule has 5 nitrogen and oxygen atoms in total. The first kappa shape index (κ1) is 26.3. The summed E-state index contributed by atoms with van der Waals surface area (Å²) in [6.45, 7) is 10.6. The molecule has 1 fully saturated rings. The van der Waals surface area contributed by atoms with Crippen LogP contribution in [0, 0.1) is 27.7 Å². The summed E-state index contributed by atoms with van der Waals surface area (Å²) in [5.41, 5.74) is 7.10. The Balaban J connectivity index is 1.58. The molecule has 0 N–H and O–H groups in total. The molecule has 1 saturated heterocycles. The quantitative estimate of drug-likeness (QED) is 0.322. The molecule has 8 heteroatoms. The molecule has 2 aliphatic rings. The van der Waals surface area contributed by atoms with E-state index in [0.717, 1.165) is 53.0 Å². The fourth-order valence-corrected chi connectivity index (χ4v) is 9.02. The van der Waals surface area contributed by atoms with Crippen LogP contribution in [0.5, 0.6) is 11.5 Å². The number of hydrogen-bond donors (Lipinski definition) is 0. The van der Waals surface area contributed by atoms with E-state index in [9.17, 15) is 0 Å². The zero-order chi connectivity index (χ0) is 26.2. The van der Waals surface area contributed by atoms with E-state index in [1.54, 1.807) is 0 Å². The predicted octanol–water partition coefficient (Wildman–Crippen LogP) is 6.40. The minimum absolute atomic E-state index is 0.00273. The average molecular weight is 597 g/mol. The van der Waals surface area contributed by atoms with E-state index in [1.165, 1.54) is 5.56 Å². The molecule has 2 heterocycles. The second-order valence-electron chi connectivity index (χ2n) is 10.0. The van der Waals surface area contributed by atoms with Crippen LogP contribution in [-0.2, 0) is 6.54 Å². The molecule has 0 radical (unpaired) electrons. The molecule has 0 spiro atoms. The predicted molar refractivity (Wildman–Crippen MR) is 155 cm³/mol. The normalized spacial score (nSPS) is 20.9. The van der Waals surface area contributed by atoms with E-state index in [1.807, 2.05) is 32.3 Å². The van der Waals surface area contributed by atoms with Gasteiger partial charge in [0.2, 0.25) is 0 Å². The summed E-state index contributed by atoms with van der Waals surface area (Å²) in [5, 5.41) is 0. The van der Waals surface area contributed by atoms with E-state index >= 15 is 0 Å². The van der Waals surface area contributed by atoms with Gasteiger partial charge >= 0.3 is 225 Å². The minimum atomic E-state index is -4.25. The second kappa shape index (κ2) is 10.8. The van der Waals surface area contributed by atoms with E-state index in [-0.39, 0.29) is 12.1 Å². The van der Waals surface area contributed by atoms with Crippen LogP contribution in [0.2, 0.25) is 0 Å². The molecule has 2 aliphatic heterocycles. The van der Waals surface area contributed by atoms with Crippen LogP contribution in [-0.4, -0.2) is 54.6 Å². The molecule has 5 rings (SSSR count). The first-order valence-electron chi connectivity index (χ1n) is 12.5. The molecular weight excluding hydrogens is 566 g/mol. The van der Waals surface area contributed by atoms with Gasteiger partial charge in [-0.2, -0.15) is 0 Å². The van der Waals surface area contributed by atoms with Crippen molar-refractivity contribution in [3.8, 4) is 11.5 Å². The Kier molecular flexibility index (Phi) is 7.69. The van der Waals surface area contributed by atoms with Gasteiger partial charge < -0.3 is 0 Å². The van der Waals surface area contributed by atoms with Crippen LogP contribution in [0.15, 0.2) is 64.6 Å². The van der Waals surface area contributed by atoms with Crippen molar-refractivity contribution in [3.63, 3.8) is 0 Å². The molecule has 2 atom stereocenters. The number of likely N-dealkylation sites (tertiary alicyclic amines) is 1. The van der Waals surface area contributed by atoms with E-state index in [0.29, 0.717) is 11.5 Å². The summed E-state index contributed by atoms with van der Waals surface area (Å²) in [4.78, 5) is 12.5. The van der Waals surface area contributed by atoms with Gasteiger partial charge in [-0.15, -0.1) is 0 Å². The van der Waals surface area contributed by atoms with E-state index in [4.69, 9.17) is 37.5 Å². The maximum absolute atomic E-state index is 6.79. The summed E-state index contributed by atoms with van der Waals surface area (Å²) in [6.07, 6.45) is 3.78. The summed E-state index contributed by atoms with van der Waals surface area (Å²) in [6, 6.07) is 18.8. The van der Waals surface area contributed by atoms with Crippen molar-refractivity contribution < 1.29 is 7.53 Å². The van der Waals surface area contributed by atoms with Gasteiger partial charge in [-0.3, -0.25) is 0 Å². The number of fused-ring (bicyclic) bond motifs is 3. The maximum atomic E-state index is 6.79. The van der Waals surface area contributed by atoms with Crippen LogP contribution < -0.4 is 7.53 Å². The van der Waals surface area contributed by atoms with Crippen LogP contribution in [0.25, 0.3) is 0 Å². The number of nitrogens with zero attached hydrogens (tertiary/aromatic N) is 3. The monoisotopic (exact) mass is 597 g/mol. The van der Waals surface area contributed by atoms with Gasteiger partial charge in [0.1, 0.15) is 0 Å². The zero-order valence-corrected chi connectivity index (χ0v) is 25.2. The van der Waals surface area contributed by atoms with Gasteiger partial charge in [0.15, 0.2) is 0 Å². The standard InChI is InChI=1S/C29H31Cl2GeN3O2/c1-19-10-21(3)28-24(12-19)14-33-26-17-35(16-23-8-6-5-7-9-23)18-27(26)34-15-25-13-20(2)11-22(4)29(25)37-32(30,31)36-28/h5-15,26-27H,16-18H2,1-4H3/t26-,27-/m1/s1. The second-order valence-corrected chi connectivity index (χ2v) is 19.0. The zero-order valence-electron chi connectivity index (χ0n) is 21.5. The van der Waals surface area contributed by atoms with E-state index < -0.39 is 12.1 Å². The fraction of sp³-hybridized carbons (Fsp3) is 0.310. The van der Waals surface area contributed by atoms with Crippen LogP contribution in [0.3, 0.4) is 0 Å². The molecule has 0 unspecified atom stereocenters. The first-order chi connectivity index (χ1) is 17.7. The molecular formula is C29H31Cl2GeN3O2. The molecule has 0 saturated carbocycles. The van der Waals surface area contributed by atoms with Crippen molar-refractivity contribution in [2.45, 2.75) is 46.3 Å². The number of halogens is 2. The molecule has 0 bridgehead atoms. The van der Waals surface area contributed by atoms with Crippen molar-refractivity contribution in [1.29, 1.82) is 0 Å². The third-order valence-electron chi connectivity index (χ3n) is 6.73. The third kappa shape index (κ3) is 6.23. The van der Waals surface area contributed by atoms with Crippen molar-refractivity contribution in [2.24, 2.45) is 9.98 Å². The van der Waals surface area contributed by atoms with Gasteiger partial charge in [-0.1, -0.05) is 6.07 Å². The molecule has 3 aromatic rings. The summed E-state index contributed by atoms with van der Waals surface area (Å²) in [5.74, 6) is 1.25. The number of hydrogen-bond acceptors (Lipinski definition) is 5. The molecule has 0 aliphatic carbocycles. The van der Waals surface area contributed by atoms with Gasteiger partial charge in [-0.05, 0) is 0 Å². The van der Waals surface area contributed by atoms with Gasteiger partial charge in [0.05, 0.1) is 0 Å². The first-order valence-corrected chi connectivity index (χ1v) is 19.7. The topological polar surface area (TPSA) is 46.4 Å². The SMILES string of the molecule is Cc1cc(C)c2c(c1)C=N[C@@H]1CN(Cc3ccccc3)C[C@H]1N=Cc1cc(C)cc(C)c1[O][Ge]([Cl])([Cl])[O]2. The third-order valence-corrected chi connectivity index (χ3v) is 10.2. The fourth-order valence-electron chi connectivity index (χ4n) is 5.17. The summed E-state index contributed by atoms with van der Waals surface area (Å²) < 4.78 is 12.6. The summed E-state index contributed by atoms with van der Waals surface area (Å²) >= 11 is -4.25. The molecule has 3 aromatic carbocycles. The van der Waals surface area contributed by atoms with Gasteiger partial charge in [-0.25, -0.2) is 0 Å². The van der Waals surface area contributed by atoms with E-state index in [2.05, 4.69) is 67.3 Å². The van der Waals surface area contributed by atoms with Crippen molar-refractivity contribution >= 4 is 44.5 Å². The summed E-state index contributed by atoms with van der Waals surface area (Å²) in [7, 11) is 13.6. The average Bonchev–Trinajstić information content (AvgIpc) is 3.21. The number of aryl methyl sites for hydroxylation is 4. The number of rotatable bonds is 2. The molecule has 37 heavy (non-hydrogen) atoms. The molecule has 0 aromatic heterocycles. The Bertz CT molecular complexity index is 1280. The van der Waals surface area contributed by atoms with Gasteiger partial charge in [0, 0.05) is 0 Å². The Labute approximate surface area is 230 Å². The van der Waals surface area contributed by atoms with Crippen molar-refractivity contribution in [3.05, 3.63) is 93.5 Å². The van der Waals surface area contributed by atoms with Gasteiger partial charge in [0.25, 0.3) is 0 Å². The number of benzene rings is 3. The van der Waals surface area contributed by atoms with Crippen LogP contribution >= 0.6 is 20.0 Å². The van der Waals surface area contributed by atoms with Crippen molar-refractivity contribution in [1.82, 2.24) is 4.90 Å². The number of aliphatic imine (C=N–C) groups is 2. The Hall–Kier alpha value is -2.32. The van der Waals surface area contributed by atoms with Crippen LogP contribution in [0.4, 0.5) is 0 Å².